The Morgan fingerprint density at radius 3 is 2.53 bits per heavy atom. The third-order valence-electron chi connectivity index (χ3n) is 4.67. The Kier molecular flexibility index (Phi) is 7.87. The quantitative estimate of drug-likeness (QED) is 0.469. The Morgan fingerprint density at radius 1 is 1.16 bits per heavy atom. The molecule has 10 heteroatoms. The third kappa shape index (κ3) is 5.86. The number of carbonyl (C=O) groups excluding carboxylic acids is 2. The van der Waals surface area contributed by atoms with Crippen molar-refractivity contribution in [2.24, 2.45) is 13.0 Å². The number of nitrogens with one attached hydrogen (secondary N) is 2. The predicted molar refractivity (Wildman–Crippen MR) is 123 cm³/mol. The number of aromatic nitrogens is 3. The molecule has 1 atom stereocenters. The van der Waals surface area contributed by atoms with Crippen LogP contribution in [0.3, 0.4) is 0 Å². The second kappa shape index (κ2) is 10.6. The SMILES string of the molecule is CC(C)C(NC(=O)c1ccccc1)c1nnc(SCC(=O)Nc2ccc(F)c(Cl)c2)n1C. The van der Waals surface area contributed by atoms with Crippen molar-refractivity contribution < 1.29 is 14.0 Å². The van der Waals surface area contributed by atoms with E-state index in [0.717, 1.165) is 0 Å². The van der Waals surface area contributed by atoms with E-state index in [0.29, 0.717) is 22.2 Å². The number of anilines is 1. The molecule has 32 heavy (non-hydrogen) atoms. The van der Waals surface area contributed by atoms with E-state index in [1.165, 1.54) is 30.0 Å². The first-order chi connectivity index (χ1) is 15.3. The fourth-order valence-corrected chi connectivity index (χ4v) is 3.87. The van der Waals surface area contributed by atoms with E-state index >= 15 is 0 Å². The van der Waals surface area contributed by atoms with Gasteiger partial charge in [-0.05, 0) is 36.2 Å². The first-order valence-electron chi connectivity index (χ1n) is 9.89. The van der Waals surface area contributed by atoms with Crippen molar-refractivity contribution in [1.82, 2.24) is 20.1 Å². The van der Waals surface area contributed by atoms with Crippen LogP contribution in [0.15, 0.2) is 53.7 Å². The van der Waals surface area contributed by atoms with Gasteiger partial charge in [-0.1, -0.05) is 55.4 Å². The van der Waals surface area contributed by atoms with Crippen LogP contribution in [0, 0.1) is 11.7 Å². The van der Waals surface area contributed by atoms with E-state index in [9.17, 15) is 14.0 Å². The maximum atomic E-state index is 13.3. The average Bonchev–Trinajstić information content (AvgIpc) is 3.13. The summed E-state index contributed by atoms with van der Waals surface area (Å²) in [5.74, 6) is -0.306. The summed E-state index contributed by atoms with van der Waals surface area (Å²) in [5, 5.41) is 14.6. The van der Waals surface area contributed by atoms with Crippen molar-refractivity contribution in [3.63, 3.8) is 0 Å². The van der Waals surface area contributed by atoms with E-state index in [1.807, 2.05) is 19.9 Å². The molecule has 0 aliphatic rings. The fraction of sp³-hybridized carbons (Fsp3) is 0.273. The molecule has 0 saturated heterocycles. The van der Waals surface area contributed by atoms with E-state index in [-0.39, 0.29) is 34.5 Å². The van der Waals surface area contributed by atoms with E-state index in [1.54, 1.807) is 35.9 Å². The minimum atomic E-state index is -0.551. The van der Waals surface area contributed by atoms with Gasteiger partial charge in [-0.2, -0.15) is 0 Å². The lowest BCUT2D eigenvalue weighted by Crippen LogP contribution is -2.33. The van der Waals surface area contributed by atoms with Gasteiger partial charge in [-0.15, -0.1) is 10.2 Å². The summed E-state index contributed by atoms with van der Waals surface area (Å²) < 4.78 is 15.0. The molecule has 0 spiro atoms. The second-order valence-corrected chi connectivity index (χ2v) is 8.78. The lowest BCUT2D eigenvalue weighted by Gasteiger charge is -2.21. The molecule has 0 fully saturated rings. The molecule has 1 aromatic heterocycles. The van der Waals surface area contributed by atoms with Crippen LogP contribution in [0.25, 0.3) is 0 Å². The molecule has 0 aliphatic heterocycles. The van der Waals surface area contributed by atoms with Crippen LogP contribution in [0.5, 0.6) is 0 Å². The van der Waals surface area contributed by atoms with Crippen molar-refractivity contribution in [1.29, 1.82) is 0 Å². The first-order valence-corrected chi connectivity index (χ1v) is 11.3. The maximum Gasteiger partial charge on any atom is 0.251 e. The van der Waals surface area contributed by atoms with Crippen molar-refractivity contribution in [3.8, 4) is 0 Å². The monoisotopic (exact) mass is 475 g/mol. The van der Waals surface area contributed by atoms with Gasteiger partial charge >= 0.3 is 0 Å². The highest BCUT2D eigenvalue weighted by Crippen LogP contribution is 2.25. The molecular weight excluding hydrogens is 453 g/mol. The van der Waals surface area contributed by atoms with Crippen molar-refractivity contribution in [2.45, 2.75) is 25.0 Å². The Labute approximate surface area is 194 Å². The summed E-state index contributed by atoms with van der Waals surface area (Å²) in [6, 6.07) is 12.6. The molecule has 0 radical (unpaired) electrons. The molecular formula is C22H23ClFN5O2S. The van der Waals surface area contributed by atoms with Crippen molar-refractivity contribution in [3.05, 3.63) is 70.8 Å². The zero-order chi connectivity index (χ0) is 23.3. The van der Waals surface area contributed by atoms with Gasteiger partial charge < -0.3 is 15.2 Å². The third-order valence-corrected chi connectivity index (χ3v) is 5.98. The number of hydrogen-bond donors (Lipinski definition) is 2. The maximum absolute atomic E-state index is 13.3. The van der Waals surface area contributed by atoms with Gasteiger partial charge in [0.25, 0.3) is 5.91 Å². The van der Waals surface area contributed by atoms with Gasteiger partial charge in [0, 0.05) is 18.3 Å². The number of halogens is 2. The van der Waals surface area contributed by atoms with E-state index in [4.69, 9.17) is 11.6 Å². The number of thioether (sulfide) groups is 1. The van der Waals surface area contributed by atoms with Gasteiger partial charge in [0.05, 0.1) is 16.8 Å². The number of carbonyl (C=O) groups is 2. The van der Waals surface area contributed by atoms with Gasteiger partial charge in [0.1, 0.15) is 5.82 Å². The van der Waals surface area contributed by atoms with Crippen LogP contribution in [0.2, 0.25) is 5.02 Å². The number of nitrogens with zero attached hydrogens (tertiary/aromatic N) is 3. The normalized spacial score (nSPS) is 11.9. The average molecular weight is 476 g/mol. The largest absolute Gasteiger partial charge is 0.342 e. The Morgan fingerprint density at radius 2 is 1.88 bits per heavy atom. The summed E-state index contributed by atoms with van der Waals surface area (Å²) in [6.45, 7) is 3.97. The predicted octanol–water partition coefficient (Wildman–Crippen LogP) is 4.47. The molecule has 0 aliphatic carbocycles. The van der Waals surface area contributed by atoms with Crippen LogP contribution < -0.4 is 10.6 Å². The smallest absolute Gasteiger partial charge is 0.251 e. The Hall–Kier alpha value is -2.91. The van der Waals surface area contributed by atoms with Gasteiger partial charge in [0.15, 0.2) is 11.0 Å². The molecule has 2 amide bonds. The Bertz CT molecular complexity index is 1110. The number of rotatable bonds is 8. The highest BCUT2D eigenvalue weighted by Gasteiger charge is 2.25. The first kappa shape index (κ1) is 23.7. The molecule has 0 bridgehead atoms. The Balaban J connectivity index is 1.65. The topological polar surface area (TPSA) is 88.9 Å². The minimum Gasteiger partial charge on any atom is -0.342 e. The minimum absolute atomic E-state index is 0.0642. The second-order valence-electron chi connectivity index (χ2n) is 7.43. The van der Waals surface area contributed by atoms with Gasteiger partial charge in [-0.25, -0.2) is 4.39 Å². The fourth-order valence-electron chi connectivity index (χ4n) is 2.97. The van der Waals surface area contributed by atoms with Crippen LogP contribution in [0.4, 0.5) is 10.1 Å². The molecule has 2 N–H and O–H groups in total. The van der Waals surface area contributed by atoms with Crippen molar-refractivity contribution >= 4 is 40.9 Å². The molecule has 3 rings (SSSR count). The summed E-state index contributed by atoms with van der Waals surface area (Å²) in [6.07, 6.45) is 0. The zero-order valence-corrected chi connectivity index (χ0v) is 19.4. The van der Waals surface area contributed by atoms with Crippen LogP contribution in [0.1, 0.15) is 36.1 Å². The number of benzene rings is 2. The molecule has 3 aromatic rings. The highest BCUT2D eigenvalue weighted by molar-refractivity contribution is 7.99. The molecule has 0 saturated carbocycles. The van der Waals surface area contributed by atoms with Gasteiger partial charge in [-0.3, -0.25) is 9.59 Å². The number of amides is 2. The summed E-state index contributed by atoms with van der Waals surface area (Å²) in [4.78, 5) is 24.9. The van der Waals surface area contributed by atoms with Crippen LogP contribution >= 0.6 is 23.4 Å². The molecule has 168 valence electrons. The molecule has 2 aromatic carbocycles. The lowest BCUT2D eigenvalue weighted by atomic mass is 10.0. The summed E-state index contributed by atoms with van der Waals surface area (Å²) >= 11 is 6.95. The molecule has 1 heterocycles. The number of hydrogen-bond acceptors (Lipinski definition) is 5. The zero-order valence-electron chi connectivity index (χ0n) is 17.8. The van der Waals surface area contributed by atoms with Gasteiger partial charge in [0.2, 0.25) is 5.91 Å². The highest BCUT2D eigenvalue weighted by atomic mass is 35.5. The van der Waals surface area contributed by atoms with Crippen molar-refractivity contribution in [2.75, 3.05) is 11.1 Å². The van der Waals surface area contributed by atoms with Crippen LogP contribution in [-0.4, -0.2) is 32.3 Å². The van der Waals surface area contributed by atoms with E-state index < -0.39 is 5.82 Å². The summed E-state index contributed by atoms with van der Waals surface area (Å²) in [7, 11) is 1.79. The summed E-state index contributed by atoms with van der Waals surface area (Å²) in [5.41, 5.74) is 0.969. The van der Waals surface area contributed by atoms with Crippen LogP contribution in [-0.2, 0) is 11.8 Å². The lowest BCUT2D eigenvalue weighted by molar-refractivity contribution is -0.113. The molecule has 7 nitrogen and oxygen atoms in total. The standard InChI is InChI=1S/C22H23ClFN5O2S/c1-13(2)19(26-21(31)14-7-5-4-6-8-14)20-27-28-22(29(20)3)32-12-18(30)25-15-9-10-17(24)16(23)11-15/h4-11,13,19H,12H2,1-3H3,(H,25,30)(H,26,31). The van der Waals surface area contributed by atoms with E-state index in [2.05, 4.69) is 20.8 Å². The molecule has 1 unspecified atom stereocenters.